The Hall–Kier alpha value is -1.69. The van der Waals surface area contributed by atoms with Gasteiger partial charge in [0.05, 0.1) is 22.8 Å². The summed E-state index contributed by atoms with van der Waals surface area (Å²) in [5, 5.41) is 3.26. The normalized spacial score (nSPS) is 10.4. The minimum Gasteiger partial charge on any atom is -0.469 e. The number of hydrogen-bond donors (Lipinski definition) is 1. The first-order chi connectivity index (χ1) is 9.22. The number of halogens is 1. The van der Waals surface area contributed by atoms with E-state index in [2.05, 4.69) is 36.0 Å². The first-order valence-corrected chi connectivity index (χ1v) is 6.71. The topological polar surface area (TPSA) is 64.1 Å². The molecule has 0 amide bonds. The van der Waals surface area contributed by atoms with E-state index in [1.807, 2.05) is 12.1 Å². The van der Waals surface area contributed by atoms with Gasteiger partial charge in [-0.05, 0) is 34.5 Å². The van der Waals surface area contributed by atoms with Gasteiger partial charge in [0.15, 0.2) is 0 Å². The molecule has 6 heteroatoms. The number of fused-ring (bicyclic) bond motifs is 1. The van der Waals surface area contributed by atoms with Crippen LogP contribution in [0.3, 0.4) is 0 Å². The third-order valence-electron chi connectivity index (χ3n) is 2.68. The minimum atomic E-state index is -0.190. The molecule has 1 aromatic carbocycles. The number of methoxy groups -OCH3 is 1. The molecule has 0 unspecified atom stereocenters. The molecule has 2 aromatic rings. The van der Waals surface area contributed by atoms with Gasteiger partial charge in [-0.1, -0.05) is 0 Å². The van der Waals surface area contributed by atoms with Crippen LogP contribution < -0.4 is 5.32 Å². The van der Waals surface area contributed by atoms with Crippen molar-refractivity contribution in [3.63, 3.8) is 0 Å². The highest BCUT2D eigenvalue weighted by Gasteiger charge is 2.06. The van der Waals surface area contributed by atoms with E-state index < -0.39 is 0 Å². The van der Waals surface area contributed by atoms with Gasteiger partial charge in [0, 0.05) is 25.4 Å². The van der Waals surface area contributed by atoms with Crippen LogP contribution in [0.5, 0.6) is 0 Å². The molecule has 0 spiro atoms. The molecule has 0 radical (unpaired) electrons. The van der Waals surface area contributed by atoms with E-state index in [9.17, 15) is 4.79 Å². The van der Waals surface area contributed by atoms with Gasteiger partial charge in [0.25, 0.3) is 0 Å². The number of anilines is 1. The summed E-state index contributed by atoms with van der Waals surface area (Å²) >= 11 is 3.52. The van der Waals surface area contributed by atoms with Crippen molar-refractivity contribution in [2.45, 2.75) is 12.8 Å². The third kappa shape index (κ3) is 3.41. The summed E-state index contributed by atoms with van der Waals surface area (Å²) in [5.41, 5.74) is 2.60. The summed E-state index contributed by atoms with van der Waals surface area (Å²) < 4.78 is 5.47. The molecule has 5 nitrogen and oxygen atoms in total. The Balaban J connectivity index is 2.01. The van der Waals surface area contributed by atoms with Crippen LogP contribution in [0.25, 0.3) is 11.0 Å². The molecule has 100 valence electrons. The van der Waals surface area contributed by atoms with Crippen LogP contribution in [0.15, 0.2) is 29.0 Å². The van der Waals surface area contributed by atoms with Gasteiger partial charge in [-0.2, -0.15) is 0 Å². The van der Waals surface area contributed by atoms with Crippen molar-refractivity contribution in [3.8, 4) is 0 Å². The lowest BCUT2D eigenvalue weighted by molar-refractivity contribution is -0.140. The zero-order valence-corrected chi connectivity index (χ0v) is 12.1. The third-order valence-corrected chi connectivity index (χ3v) is 3.48. The van der Waals surface area contributed by atoms with Gasteiger partial charge in [0.1, 0.15) is 5.52 Å². The van der Waals surface area contributed by atoms with Gasteiger partial charge in [-0.3, -0.25) is 14.8 Å². The van der Waals surface area contributed by atoms with Crippen LogP contribution in [0, 0.1) is 0 Å². The number of aromatic nitrogens is 2. The van der Waals surface area contributed by atoms with Gasteiger partial charge in [0.2, 0.25) is 0 Å². The smallest absolute Gasteiger partial charge is 0.305 e. The number of hydrogen-bond acceptors (Lipinski definition) is 5. The first kappa shape index (κ1) is 13.7. The fraction of sp³-hybridized carbons (Fsp3) is 0.308. The molecule has 0 aliphatic rings. The van der Waals surface area contributed by atoms with Gasteiger partial charge in [-0.25, -0.2) is 0 Å². The standard InChI is InChI=1S/C13H14BrN3O2/c1-19-11(18)3-2-6-15-9-4-5-10-13(12(9)14)17-8-7-16-10/h4-5,7-8,15H,2-3,6H2,1H3. The van der Waals surface area contributed by atoms with Crippen LogP contribution >= 0.6 is 15.9 Å². The van der Waals surface area contributed by atoms with E-state index in [-0.39, 0.29) is 5.97 Å². The lowest BCUT2D eigenvalue weighted by Gasteiger charge is -2.09. The van der Waals surface area contributed by atoms with Crippen molar-refractivity contribution in [1.82, 2.24) is 9.97 Å². The van der Waals surface area contributed by atoms with Gasteiger partial charge >= 0.3 is 5.97 Å². The van der Waals surface area contributed by atoms with E-state index in [0.29, 0.717) is 13.0 Å². The Bertz CT molecular complexity index is 589. The lowest BCUT2D eigenvalue weighted by Crippen LogP contribution is -2.07. The SMILES string of the molecule is COC(=O)CCCNc1ccc2nccnc2c1Br. The second-order valence-corrected chi connectivity index (χ2v) is 4.75. The average Bonchev–Trinajstić information content (AvgIpc) is 2.45. The Morgan fingerprint density at radius 3 is 2.95 bits per heavy atom. The Kier molecular flexibility index (Phi) is 4.68. The number of esters is 1. The Labute approximate surface area is 119 Å². The molecule has 0 bridgehead atoms. The van der Waals surface area contributed by atoms with Crippen LogP contribution in [-0.4, -0.2) is 29.6 Å². The molecule has 2 rings (SSSR count). The molecule has 19 heavy (non-hydrogen) atoms. The van der Waals surface area contributed by atoms with Gasteiger partial charge < -0.3 is 10.1 Å². The highest BCUT2D eigenvalue weighted by molar-refractivity contribution is 9.10. The van der Waals surface area contributed by atoms with Crippen molar-refractivity contribution in [2.75, 3.05) is 19.0 Å². The van der Waals surface area contributed by atoms with Crippen LogP contribution in [0.1, 0.15) is 12.8 Å². The van der Waals surface area contributed by atoms with Crippen LogP contribution in [-0.2, 0) is 9.53 Å². The highest BCUT2D eigenvalue weighted by Crippen LogP contribution is 2.28. The summed E-state index contributed by atoms with van der Waals surface area (Å²) in [7, 11) is 1.40. The van der Waals surface area contributed by atoms with E-state index >= 15 is 0 Å². The van der Waals surface area contributed by atoms with E-state index in [0.717, 1.165) is 27.6 Å². The molecule has 1 aromatic heterocycles. The zero-order valence-electron chi connectivity index (χ0n) is 10.5. The molecule has 0 aliphatic heterocycles. The van der Waals surface area contributed by atoms with Crippen LogP contribution in [0.4, 0.5) is 5.69 Å². The maximum Gasteiger partial charge on any atom is 0.305 e. The molecule has 0 aliphatic carbocycles. The molecular weight excluding hydrogens is 310 g/mol. The van der Waals surface area contributed by atoms with Crippen molar-refractivity contribution in [3.05, 3.63) is 29.0 Å². The number of ether oxygens (including phenoxy) is 1. The number of nitrogens with one attached hydrogen (secondary N) is 1. The number of carbonyl (C=O) groups is 1. The lowest BCUT2D eigenvalue weighted by atomic mass is 10.2. The first-order valence-electron chi connectivity index (χ1n) is 5.92. The molecule has 0 saturated carbocycles. The maximum absolute atomic E-state index is 11.0. The fourth-order valence-electron chi connectivity index (χ4n) is 1.70. The number of nitrogens with zero attached hydrogens (tertiary/aromatic N) is 2. The fourth-order valence-corrected chi connectivity index (χ4v) is 2.28. The predicted molar refractivity (Wildman–Crippen MR) is 77.0 cm³/mol. The summed E-state index contributed by atoms with van der Waals surface area (Å²) in [4.78, 5) is 19.5. The minimum absolute atomic E-state index is 0.190. The molecule has 1 heterocycles. The highest BCUT2D eigenvalue weighted by atomic mass is 79.9. The molecular formula is C13H14BrN3O2. The monoisotopic (exact) mass is 323 g/mol. The summed E-state index contributed by atoms with van der Waals surface area (Å²) in [6, 6.07) is 3.86. The molecule has 0 fully saturated rings. The summed E-state index contributed by atoms with van der Waals surface area (Å²) in [6.45, 7) is 0.694. The number of rotatable bonds is 5. The Morgan fingerprint density at radius 1 is 1.37 bits per heavy atom. The number of benzene rings is 1. The maximum atomic E-state index is 11.0. The van der Waals surface area contributed by atoms with Crippen LogP contribution in [0.2, 0.25) is 0 Å². The summed E-state index contributed by atoms with van der Waals surface area (Å²) in [5.74, 6) is -0.190. The van der Waals surface area contributed by atoms with Crippen molar-refractivity contribution >= 4 is 38.6 Å². The second kappa shape index (κ2) is 6.47. The average molecular weight is 324 g/mol. The zero-order chi connectivity index (χ0) is 13.7. The van der Waals surface area contributed by atoms with E-state index in [1.165, 1.54) is 7.11 Å². The molecule has 0 saturated heterocycles. The largest absolute Gasteiger partial charge is 0.469 e. The Morgan fingerprint density at radius 2 is 2.16 bits per heavy atom. The van der Waals surface area contributed by atoms with Crippen molar-refractivity contribution in [2.24, 2.45) is 0 Å². The molecule has 1 N–H and O–H groups in total. The van der Waals surface area contributed by atoms with E-state index in [4.69, 9.17) is 0 Å². The van der Waals surface area contributed by atoms with Gasteiger partial charge in [-0.15, -0.1) is 0 Å². The van der Waals surface area contributed by atoms with Crippen molar-refractivity contribution in [1.29, 1.82) is 0 Å². The van der Waals surface area contributed by atoms with Crippen molar-refractivity contribution < 1.29 is 9.53 Å². The quantitative estimate of drug-likeness (QED) is 0.677. The number of carbonyl (C=O) groups excluding carboxylic acids is 1. The predicted octanol–water partition coefficient (Wildman–Crippen LogP) is 2.76. The summed E-state index contributed by atoms with van der Waals surface area (Å²) in [6.07, 6.45) is 4.46. The second-order valence-electron chi connectivity index (χ2n) is 3.96. The van der Waals surface area contributed by atoms with E-state index in [1.54, 1.807) is 12.4 Å². The molecule has 0 atom stereocenters.